The van der Waals surface area contributed by atoms with Crippen molar-refractivity contribution < 1.29 is 28.6 Å². The monoisotopic (exact) mass is 410 g/mol. The minimum atomic E-state index is -0.939. The summed E-state index contributed by atoms with van der Waals surface area (Å²) in [6, 6.07) is 4.47. The van der Waals surface area contributed by atoms with Crippen LogP contribution in [-0.4, -0.2) is 40.1 Å². The van der Waals surface area contributed by atoms with Gasteiger partial charge < -0.3 is 9.84 Å². The first-order chi connectivity index (χ1) is 13.0. The normalized spacial score (nSPS) is 14.9. The highest BCUT2D eigenvalue weighted by Gasteiger charge is 2.37. The van der Waals surface area contributed by atoms with Crippen molar-refractivity contribution in [1.29, 1.82) is 0 Å². The molecule has 0 aliphatic carbocycles. The van der Waals surface area contributed by atoms with Crippen LogP contribution < -0.4 is 4.72 Å². The van der Waals surface area contributed by atoms with Crippen LogP contribution >= 0.6 is 11.9 Å². The van der Waals surface area contributed by atoms with Gasteiger partial charge in [-0.2, -0.15) is 0 Å². The lowest BCUT2D eigenvalue weighted by atomic mass is 10.1. The summed E-state index contributed by atoms with van der Waals surface area (Å²) in [6.07, 6.45) is -0.524. The fourth-order valence-electron chi connectivity index (χ4n) is 2.55. The average Bonchev–Trinajstić information content (AvgIpc) is 2.58. The van der Waals surface area contributed by atoms with E-state index in [1.54, 1.807) is 33.8 Å². The Morgan fingerprint density at radius 3 is 2.64 bits per heavy atom. The zero-order valence-corrected chi connectivity index (χ0v) is 17.0. The predicted octanol–water partition coefficient (Wildman–Crippen LogP) is 3.49. The molecule has 152 valence electrons. The second kappa shape index (κ2) is 8.64. The van der Waals surface area contributed by atoms with Crippen molar-refractivity contribution in [2.24, 2.45) is 0 Å². The first-order valence-corrected chi connectivity index (χ1v) is 9.58. The van der Waals surface area contributed by atoms with Gasteiger partial charge in [-0.15, -0.1) is 0 Å². The SMILES string of the molecule is CCc1c(F)cccc1SNC(=O)C1=C(O)CCN(C(=O)OC(C)(C)C)C1=O. The Kier molecular flexibility index (Phi) is 6.71. The maximum absolute atomic E-state index is 13.8. The van der Waals surface area contributed by atoms with E-state index in [4.69, 9.17) is 4.74 Å². The molecule has 0 radical (unpaired) electrons. The van der Waals surface area contributed by atoms with E-state index in [1.165, 1.54) is 12.1 Å². The van der Waals surface area contributed by atoms with E-state index in [0.29, 0.717) is 16.9 Å². The van der Waals surface area contributed by atoms with Crippen LogP contribution in [0.15, 0.2) is 34.4 Å². The predicted molar refractivity (Wildman–Crippen MR) is 102 cm³/mol. The number of hydrogen-bond donors (Lipinski definition) is 2. The minimum Gasteiger partial charge on any atom is -0.511 e. The van der Waals surface area contributed by atoms with E-state index in [-0.39, 0.29) is 13.0 Å². The van der Waals surface area contributed by atoms with Crippen LogP contribution in [0.4, 0.5) is 9.18 Å². The molecule has 0 bridgehead atoms. The third kappa shape index (κ3) is 5.03. The molecular weight excluding hydrogens is 387 g/mol. The molecule has 1 heterocycles. The smallest absolute Gasteiger partial charge is 0.417 e. The number of halogens is 1. The number of aliphatic hydroxyl groups excluding tert-OH is 1. The van der Waals surface area contributed by atoms with Gasteiger partial charge in [0.15, 0.2) is 0 Å². The second-order valence-corrected chi connectivity index (χ2v) is 7.96. The van der Waals surface area contributed by atoms with Crippen LogP contribution in [0.1, 0.15) is 39.7 Å². The number of carbonyl (C=O) groups excluding carboxylic acids is 3. The van der Waals surface area contributed by atoms with Gasteiger partial charge in [0.05, 0.1) is 0 Å². The number of nitrogens with one attached hydrogen (secondary N) is 1. The topological polar surface area (TPSA) is 95.9 Å². The van der Waals surface area contributed by atoms with Crippen LogP contribution in [0.3, 0.4) is 0 Å². The van der Waals surface area contributed by atoms with Gasteiger partial charge in [0, 0.05) is 23.4 Å². The van der Waals surface area contributed by atoms with Gasteiger partial charge in [-0.25, -0.2) is 14.1 Å². The molecule has 1 aromatic rings. The first-order valence-electron chi connectivity index (χ1n) is 8.76. The summed E-state index contributed by atoms with van der Waals surface area (Å²) in [4.78, 5) is 38.5. The lowest BCUT2D eigenvalue weighted by molar-refractivity contribution is -0.130. The summed E-state index contributed by atoms with van der Waals surface area (Å²) in [7, 11) is 0. The van der Waals surface area contributed by atoms with Crippen molar-refractivity contribution in [2.45, 2.75) is 51.0 Å². The van der Waals surface area contributed by atoms with Crippen molar-refractivity contribution in [3.8, 4) is 0 Å². The van der Waals surface area contributed by atoms with Gasteiger partial charge in [-0.3, -0.25) is 14.3 Å². The molecule has 7 nitrogen and oxygen atoms in total. The largest absolute Gasteiger partial charge is 0.511 e. The Hall–Kier alpha value is -2.55. The highest BCUT2D eigenvalue weighted by molar-refractivity contribution is 7.98. The van der Waals surface area contributed by atoms with Crippen LogP contribution in [0.5, 0.6) is 0 Å². The molecule has 1 aromatic carbocycles. The Morgan fingerprint density at radius 1 is 1.36 bits per heavy atom. The number of benzene rings is 1. The molecule has 2 rings (SSSR count). The van der Waals surface area contributed by atoms with Gasteiger partial charge in [0.25, 0.3) is 11.8 Å². The molecule has 1 aliphatic rings. The number of ether oxygens (including phenoxy) is 1. The van der Waals surface area contributed by atoms with Gasteiger partial charge in [0.1, 0.15) is 22.8 Å². The van der Waals surface area contributed by atoms with Crippen LogP contribution in [0.25, 0.3) is 0 Å². The van der Waals surface area contributed by atoms with E-state index < -0.39 is 40.7 Å². The van der Waals surface area contributed by atoms with Gasteiger partial charge in [0.2, 0.25) is 0 Å². The van der Waals surface area contributed by atoms with Gasteiger partial charge >= 0.3 is 6.09 Å². The van der Waals surface area contributed by atoms with Crippen molar-refractivity contribution in [2.75, 3.05) is 6.54 Å². The number of amides is 3. The lowest BCUT2D eigenvalue weighted by Gasteiger charge is -2.29. The van der Waals surface area contributed by atoms with E-state index in [1.807, 2.05) is 0 Å². The molecule has 2 N–H and O–H groups in total. The molecule has 0 aromatic heterocycles. The van der Waals surface area contributed by atoms with Crippen molar-refractivity contribution >= 4 is 29.9 Å². The molecule has 0 spiro atoms. The summed E-state index contributed by atoms with van der Waals surface area (Å²) in [5, 5.41) is 10.0. The van der Waals surface area contributed by atoms with E-state index in [0.717, 1.165) is 16.8 Å². The molecular formula is C19H23FN2O5S. The maximum atomic E-state index is 13.8. The zero-order valence-electron chi connectivity index (χ0n) is 16.2. The number of hydrogen-bond acceptors (Lipinski definition) is 6. The standard InChI is InChI=1S/C19H23FN2O5S/c1-5-11-12(20)7-6-8-14(11)28-21-16(24)15-13(23)9-10-22(17(15)25)18(26)27-19(2,3)4/h6-8,23H,5,9-10H2,1-4H3,(H,21,24). The number of aliphatic hydroxyl groups is 1. The number of nitrogens with zero attached hydrogens (tertiary/aromatic N) is 1. The average molecular weight is 410 g/mol. The molecule has 0 saturated carbocycles. The van der Waals surface area contributed by atoms with Crippen molar-refractivity contribution in [1.82, 2.24) is 9.62 Å². The summed E-state index contributed by atoms with van der Waals surface area (Å²) in [5.41, 5.74) is -0.914. The summed E-state index contributed by atoms with van der Waals surface area (Å²) < 4.78 is 21.4. The van der Waals surface area contributed by atoms with E-state index in [2.05, 4.69) is 4.72 Å². The van der Waals surface area contributed by atoms with Gasteiger partial charge in [-0.05, 0) is 51.3 Å². The van der Waals surface area contributed by atoms with Crippen LogP contribution in [0.2, 0.25) is 0 Å². The van der Waals surface area contributed by atoms with E-state index in [9.17, 15) is 23.9 Å². The maximum Gasteiger partial charge on any atom is 0.417 e. The summed E-state index contributed by atoms with van der Waals surface area (Å²) in [5.74, 6) is -2.61. The fraction of sp³-hybridized carbons (Fsp3) is 0.421. The zero-order chi connectivity index (χ0) is 21.1. The molecule has 0 saturated heterocycles. The highest BCUT2D eigenvalue weighted by Crippen LogP contribution is 2.25. The molecule has 0 atom stereocenters. The minimum absolute atomic E-state index is 0.0570. The Balaban J connectivity index is 2.14. The molecule has 1 aliphatic heterocycles. The Labute approximate surface area is 167 Å². The highest BCUT2D eigenvalue weighted by atomic mass is 32.2. The number of carbonyl (C=O) groups is 3. The molecule has 0 unspecified atom stereocenters. The van der Waals surface area contributed by atoms with Crippen LogP contribution in [-0.2, 0) is 20.7 Å². The van der Waals surface area contributed by atoms with Crippen molar-refractivity contribution in [3.63, 3.8) is 0 Å². The third-order valence-electron chi connectivity index (χ3n) is 3.84. The van der Waals surface area contributed by atoms with E-state index >= 15 is 0 Å². The summed E-state index contributed by atoms with van der Waals surface area (Å²) in [6.45, 7) is 6.65. The summed E-state index contributed by atoms with van der Waals surface area (Å²) >= 11 is 0.840. The molecule has 28 heavy (non-hydrogen) atoms. The Bertz CT molecular complexity index is 832. The molecule has 9 heteroatoms. The van der Waals surface area contributed by atoms with Crippen LogP contribution in [0, 0.1) is 5.82 Å². The number of rotatable bonds is 4. The van der Waals surface area contributed by atoms with Gasteiger partial charge in [-0.1, -0.05) is 13.0 Å². The quantitative estimate of drug-likeness (QED) is 0.583. The Morgan fingerprint density at radius 2 is 2.04 bits per heavy atom. The van der Waals surface area contributed by atoms with Crippen molar-refractivity contribution in [3.05, 3.63) is 40.9 Å². The fourth-order valence-corrected chi connectivity index (χ4v) is 3.37. The lowest BCUT2D eigenvalue weighted by Crippen LogP contribution is -2.47. The molecule has 0 fully saturated rings. The number of imide groups is 1. The molecule has 3 amide bonds. The first kappa shape index (κ1) is 21.7. The third-order valence-corrected chi connectivity index (χ3v) is 4.73. The second-order valence-electron chi connectivity index (χ2n) is 7.11.